The second-order valence-electron chi connectivity index (χ2n) is 6.83. The lowest BCUT2D eigenvalue weighted by Gasteiger charge is -2.30. The Hall–Kier alpha value is -1.71. The number of aromatic nitrogens is 1. The summed E-state index contributed by atoms with van der Waals surface area (Å²) in [6, 6.07) is 17.2. The first kappa shape index (κ1) is 17.1. The van der Waals surface area contributed by atoms with Crippen LogP contribution in [0.15, 0.2) is 48.5 Å². The molecule has 1 aliphatic heterocycles. The predicted octanol–water partition coefficient (Wildman–Crippen LogP) is 3.53. The Kier molecular flexibility index (Phi) is 6.39. The maximum Gasteiger partial charge on any atom is 0.0547 e. The number of benzene rings is 1. The normalized spacial score (nSPS) is 17.4. The molecule has 2 heterocycles. The number of hydrogen-bond acceptors (Lipinski definition) is 3. The highest BCUT2D eigenvalue weighted by Crippen LogP contribution is 2.10. The quantitative estimate of drug-likeness (QED) is 0.839. The monoisotopic (exact) mass is 323 g/mol. The largest absolute Gasteiger partial charge is 0.303 e. The molecule has 1 aromatic heterocycles. The Morgan fingerprint density at radius 1 is 0.833 bits per heavy atom. The van der Waals surface area contributed by atoms with Crippen LogP contribution in [-0.2, 0) is 13.0 Å². The molecule has 0 radical (unpaired) electrons. The van der Waals surface area contributed by atoms with Crippen LogP contribution in [0, 0.1) is 6.92 Å². The molecule has 0 aliphatic carbocycles. The molecule has 24 heavy (non-hydrogen) atoms. The fourth-order valence-electron chi connectivity index (χ4n) is 3.49. The summed E-state index contributed by atoms with van der Waals surface area (Å²) < 4.78 is 0. The lowest BCUT2D eigenvalue weighted by atomic mass is 10.1. The summed E-state index contributed by atoms with van der Waals surface area (Å²) in [7, 11) is 0. The van der Waals surface area contributed by atoms with E-state index in [0.29, 0.717) is 0 Å². The van der Waals surface area contributed by atoms with Gasteiger partial charge in [-0.3, -0.25) is 9.88 Å². The predicted molar refractivity (Wildman–Crippen MR) is 100 cm³/mol. The van der Waals surface area contributed by atoms with Crippen LogP contribution in [0.3, 0.4) is 0 Å². The standard InChI is InChI=1S/C21H29N3/c1-19-8-5-11-21(22-19)18-24-15-6-13-23(14-7-16-24)17-12-20-9-3-2-4-10-20/h2-5,8-11H,6-7,12-18H2,1H3. The fourth-order valence-corrected chi connectivity index (χ4v) is 3.49. The second-order valence-corrected chi connectivity index (χ2v) is 6.83. The van der Waals surface area contributed by atoms with Gasteiger partial charge in [0.25, 0.3) is 0 Å². The minimum Gasteiger partial charge on any atom is -0.303 e. The zero-order valence-electron chi connectivity index (χ0n) is 14.8. The van der Waals surface area contributed by atoms with Gasteiger partial charge in [0, 0.05) is 18.8 Å². The van der Waals surface area contributed by atoms with E-state index in [1.807, 2.05) is 0 Å². The third-order valence-electron chi connectivity index (χ3n) is 4.79. The van der Waals surface area contributed by atoms with E-state index in [4.69, 9.17) is 0 Å². The van der Waals surface area contributed by atoms with Crippen molar-refractivity contribution in [1.29, 1.82) is 0 Å². The minimum absolute atomic E-state index is 0.992. The molecular weight excluding hydrogens is 294 g/mol. The number of nitrogens with zero attached hydrogens (tertiary/aromatic N) is 3. The van der Waals surface area contributed by atoms with Gasteiger partial charge in [-0.15, -0.1) is 0 Å². The maximum atomic E-state index is 4.65. The van der Waals surface area contributed by atoms with Crippen molar-refractivity contribution in [3.05, 3.63) is 65.5 Å². The van der Waals surface area contributed by atoms with Gasteiger partial charge in [0.15, 0.2) is 0 Å². The average Bonchev–Trinajstić information content (AvgIpc) is 2.57. The number of aryl methyl sites for hydroxylation is 1. The summed E-state index contributed by atoms with van der Waals surface area (Å²) in [6.45, 7) is 9.03. The van der Waals surface area contributed by atoms with Gasteiger partial charge in [0.2, 0.25) is 0 Å². The third-order valence-corrected chi connectivity index (χ3v) is 4.79. The Bertz CT molecular complexity index is 601. The Morgan fingerprint density at radius 2 is 1.54 bits per heavy atom. The molecule has 3 nitrogen and oxygen atoms in total. The topological polar surface area (TPSA) is 19.4 Å². The lowest BCUT2D eigenvalue weighted by molar-refractivity contribution is 0.177. The van der Waals surface area contributed by atoms with Crippen LogP contribution in [0.25, 0.3) is 0 Å². The van der Waals surface area contributed by atoms with Gasteiger partial charge in [-0.05, 0) is 70.1 Å². The first-order valence-corrected chi connectivity index (χ1v) is 9.21. The Balaban J connectivity index is 1.43. The fraction of sp³-hybridized carbons (Fsp3) is 0.476. The van der Waals surface area contributed by atoms with E-state index in [1.165, 1.54) is 56.8 Å². The van der Waals surface area contributed by atoms with Gasteiger partial charge < -0.3 is 4.90 Å². The summed E-state index contributed by atoms with van der Waals surface area (Å²) in [4.78, 5) is 9.85. The van der Waals surface area contributed by atoms with E-state index < -0.39 is 0 Å². The molecule has 3 rings (SSSR count). The van der Waals surface area contributed by atoms with Gasteiger partial charge in [-0.2, -0.15) is 0 Å². The average molecular weight is 323 g/mol. The van der Waals surface area contributed by atoms with E-state index in [-0.39, 0.29) is 0 Å². The molecule has 2 aromatic rings. The summed E-state index contributed by atoms with van der Waals surface area (Å²) in [5.41, 5.74) is 3.77. The second kappa shape index (κ2) is 8.95. The molecule has 0 N–H and O–H groups in total. The van der Waals surface area contributed by atoms with Crippen LogP contribution < -0.4 is 0 Å². The molecule has 0 bridgehead atoms. The maximum absolute atomic E-state index is 4.65. The van der Waals surface area contributed by atoms with Crippen molar-refractivity contribution in [3.63, 3.8) is 0 Å². The molecule has 1 aliphatic rings. The zero-order valence-corrected chi connectivity index (χ0v) is 14.8. The van der Waals surface area contributed by atoms with E-state index in [1.54, 1.807) is 0 Å². The summed E-state index contributed by atoms with van der Waals surface area (Å²) in [6.07, 6.45) is 3.67. The van der Waals surface area contributed by atoms with Crippen LogP contribution in [0.4, 0.5) is 0 Å². The minimum atomic E-state index is 0.992. The van der Waals surface area contributed by atoms with Crippen LogP contribution in [-0.4, -0.2) is 47.5 Å². The van der Waals surface area contributed by atoms with Gasteiger partial charge >= 0.3 is 0 Å². The highest BCUT2D eigenvalue weighted by Gasteiger charge is 2.13. The molecule has 0 atom stereocenters. The van der Waals surface area contributed by atoms with Crippen molar-refractivity contribution in [1.82, 2.24) is 14.8 Å². The van der Waals surface area contributed by atoms with Crippen molar-refractivity contribution in [3.8, 4) is 0 Å². The SMILES string of the molecule is Cc1cccc(CN2CCCN(CCc3ccccc3)CCC2)n1. The van der Waals surface area contributed by atoms with E-state index in [0.717, 1.165) is 18.7 Å². The molecule has 1 aromatic carbocycles. The van der Waals surface area contributed by atoms with Gasteiger partial charge in [-0.25, -0.2) is 0 Å². The molecule has 0 unspecified atom stereocenters. The van der Waals surface area contributed by atoms with Gasteiger partial charge in [-0.1, -0.05) is 36.4 Å². The van der Waals surface area contributed by atoms with Crippen LogP contribution in [0.5, 0.6) is 0 Å². The van der Waals surface area contributed by atoms with Crippen molar-refractivity contribution < 1.29 is 0 Å². The number of rotatable bonds is 5. The summed E-state index contributed by atoms with van der Waals surface area (Å²) >= 11 is 0. The first-order valence-electron chi connectivity index (χ1n) is 9.21. The molecule has 0 spiro atoms. The molecule has 0 amide bonds. The van der Waals surface area contributed by atoms with Crippen molar-refractivity contribution in [2.75, 3.05) is 32.7 Å². The highest BCUT2D eigenvalue weighted by molar-refractivity contribution is 5.15. The van der Waals surface area contributed by atoms with Crippen molar-refractivity contribution in [2.24, 2.45) is 0 Å². The molecule has 1 fully saturated rings. The summed E-state index contributed by atoms with van der Waals surface area (Å²) in [5, 5.41) is 0. The van der Waals surface area contributed by atoms with Crippen molar-refractivity contribution in [2.45, 2.75) is 32.7 Å². The first-order chi connectivity index (χ1) is 11.8. The van der Waals surface area contributed by atoms with E-state index in [9.17, 15) is 0 Å². The van der Waals surface area contributed by atoms with Crippen molar-refractivity contribution >= 4 is 0 Å². The van der Waals surface area contributed by atoms with Crippen LogP contribution >= 0.6 is 0 Å². The Morgan fingerprint density at radius 3 is 2.25 bits per heavy atom. The molecule has 128 valence electrons. The summed E-state index contributed by atoms with van der Waals surface area (Å²) in [5.74, 6) is 0. The molecule has 3 heteroatoms. The van der Waals surface area contributed by atoms with E-state index >= 15 is 0 Å². The highest BCUT2D eigenvalue weighted by atomic mass is 15.2. The number of hydrogen-bond donors (Lipinski definition) is 0. The van der Waals surface area contributed by atoms with Crippen LogP contribution in [0.1, 0.15) is 29.8 Å². The number of pyridine rings is 1. The van der Waals surface area contributed by atoms with E-state index in [2.05, 4.69) is 70.2 Å². The molecule has 1 saturated heterocycles. The Labute approximate surface area is 146 Å². The molecular formula is C21H29N3. The lowest BCUT2D eigenvalue weighted by Crippen LogP contribution is -2.37. The molecule has 0 saturated carbocycles. The van der Waals surface area contributed by atoms with Gasteiger partial charge in [0.1, 0.15) is 0 Å². The smallest absolute Gasteiger partial charge is 0.0547 e. The zero-order chi connectivity index (χ0) is 16.6. The van der Waals surface area contributed by atoms with Gasteiger partial charge in [0.05, 0.1) is 5.69 Å². The van der Waals surface area contributed by atoms with Crippen LogP contribution in [0.2, 0.25) is 0 Å². The third kappa shape index (κ3) is 5.43.